The summed E-state index contributed by atoms with van der Waals surface area (Å²) >= 11 is 0. The smallest absolute Gasteiger partial charge is 0.315 e. The zero-order valence-electron chi connectivity index (χ0n) is 11.5. The number of nitrogens with one attached hydrogen (secondary N) is 2. The van der Waals surface area contributed by atoms with Crippen molar-refractivity contribution in [1.82, 2.24) is 10.6 Å². The number of aliphatic carboxylic acids is 1. The molecule has 0 saturated carbocycles. The lowest BCUT2D eigenvalue weighted by atomic mass is 10.0. The zero-order valence-corrected chi connectivity index (χ0v) is 12.3. The van der Waals surface area contributed by atoms with Gasteiger partial charge in [0.2, 0.25) is 0 Å². The fourth-order valence-corrected chi connectivity index (χ4v) is 4.16. The molecule has 9 heteroatoms. The average molecular weight is 308 g/mol. The van der Waals surface area contributed by atoms with E-state index in [1.54, 1.807) is 6.92 Å². The van der Waals surface area contributed by atoms with E-state index in [-0.39, 0.29) is 24.5 Å². The third-order valence-corrected chi connectivity index (χ3v) is 5.05. The van der Waals surface area contributed by atoms with Gasteiger partial charge in [-0.2, -0.15) is 0 Å². The van der Waals surface area contributed by atoms with Crippen molar-refractivity contribution < 1.29 is 27.9 Å². The molecule has 0 radical (unpaired) electrons. The first-order chi connectivity index (χ1) is 9.16. The number of hydrogen-bond acceptors (Lipinski definition) is 5. The number of ether oxygens (including phenoxy) is 1. The van der Waals surface area contributed by atoms with Crippen LogP contribution >= 0.6 is 0 Å². The Labute approximate surface area is 117 Å². The van der Waals surface area contributed by atoms with Crippen molar-refractivity contribution in [3.63, 3.8) is 0 Å². The van der Waals surface area contributed by atoms with E-state index in [0.717, 1.165) is 0 Å². The number of carbonyl (C=O) groups is 2. The summed E-state index contributed by atoms with van der Waals surface area (Å²) in [5.74, 6) is -1.05. The summed E-state index contributed by atoms with van der Waals surface area (Å²) < 4.78 is 27.7. The van der Waals surface area contributed by atoms with Crippen LogP contribution < -0.4 is 10.6 Å². The molecule has 2 amide bonds. The predicted octanol–water partition coefficient (Wildman–Crippen LogP) is -0.647. The second-order valence-electron chi connectivity index (χ2n) is 5.19. The molecule has 2 atom stereocenters. The fourth-order valence-electron chi connectivity index (χ4n) is 2.07. The molecule has 8 nitrogen and oxygen atoms in total. The largest absolute Gasteiger partial charge is 0.481 e. The molecule has 0 aromatic rings. The first-order valence-corrected chi connectivity index (χ1v) is 7.99. The van der Waals surface area contributed by atoms with Crippen LogP contribution in [0.25, 0.3) is 0 Å². The van der Waals surface area contributed by atoms with E-state index < -0.39 is 33.5 Å². The topological polar surface area (TPSA) is 122 Å². The minimum Gasteiger partial charge on any atom is -0.481 e. The Bertz CT molecular complexity index is 477. The van der Waals surface area contributed by atoms with Crippen LogP contribution in [0.4, 0.5) is 4.79 Å². The lowest BCUT2D eigenvalue weighted by Gasteiger charge is -2.24. The summed E-state index contributed by atoms with van der Waals surface area (Å²) in [6.07, 6.45) is -0.480. The highest BCUT2D eigenvalue weighted by atomic mass is 32.2. The molecule has 0 aromatic heterocycles. The maximum absolute atomic E-state index is 11.7. The second kappa shape index (κ2) is 6.40. The molecule has 1 fully saturated rings. The number of carbonyl (C=O) groups excluding carboxylic acids is 1. The van der Waals surface area contributed by atoms with Gasteiger partial charge in [-0.3, -0.25) is 4.79 Å². The van der Waals surface area contributed by atoms with E-state index in [4.69, 9.17) is 9.84 Å². The van der Waals surface area contributed by atoms with Crippen molar-refractivity contribution in [1.29, 1.82) is 0 Å². The molecule has 1 saturated heterocycles. The normalized spacial score (nSPS) is 25.9. The van der Waals surface area contributed by atoms with Gasteiger partial charge in [0.1, 0.15) is 0 Å². The first kappa shape index (κ1) is 16.7. The van der Waals surface area contributed by atoms with E-state index in [9.17, 15) is 18.0 Å². The van der Waals surface area contributed by atoms with Crippen LogP contribution in [0, 0.1) is 0 Å². The Balaban J connectivity index is 2.42. The number of sulfone groups is 1. The average Bonchev–Trinajstić information content (AvgIpc) is 2.58. The summed E-state index contributed by atoms with van der Waals surface area (Å²) in [7, 11) is -1.74. The highest BCUT2D eigenvalue weighted by Crippen LogP contribution is 2.22. The van der Waals surface area contributed by atoms with E-state index >= 15 is 0 Å². The number of amides is 2. The molecule has 1 rings (SSSR count). The maximum Gasteiger partial charge on any atom is 0.315 e. The van der Waals surface area contributed by atoms with Crippen LogP contribution in [0.3, 0.4) is 0 Å². The van der Waals surface area contributed by atoms with Crippen molar-refractivity contribution in [3.05, 3.63) is 0 Å². The van der Waals surface area contributed by atoms with Crippen molar-refractivity contribution in [2.45, 2.75) is 31.4 Å². The first-order valence-electron chi connectivity index (χ1n) is 6.17. The lowest BCUT2D eigenvalue weighted by molar-refractivity contribution is -0.139. The van der Waals surface area contributed by atoms with E-state index in [1.807, 2.05) is 0 Å². The Morgan fingerprint density at radius 3 is 2.55 bits per heavy atom. The maximum atomic E-state index is 11.7. The van der Waals surface area contributed by atoms with Crippen LogP contribution in [0.2, 0.25) is 0 Å². The summed E-state index contributed by atoms with van der Waals surface area (Å²) in [6, 6.07) is -0.531. The van der Waals surface area contributed by atoms with Crippen LogP contribution in [-0.4, -0.2) is 62.3 Å². The quantitative estimate of drug-likeness (QED) is 0.599. The van der Waals surface area contributed by atoms with Gasteiger partial charge in [-0.15, -0.1) is 0 Å². The van der Waals surface area contributed by atoms with Crippen LogP contribution in [0.1, 0.15) is 19.8 Å². The van der Waals surface area contributed by atoms with Gasteiger partial charge < -0.3 is 20.5 Å². The van der Waals surface area contributed by atoms with Crippen LogP contribution in [0.15, 0.2) is 0 Å². The molecule has 3 N–H and O–H groups in total. The number of methoxy groups -OCH3 is 1. The van der Waals surface area contributed by atoms with E-state index in [0.29, 0.717) is 6.42 Å². The Morgan fingerprint density at radius 2 is 2.10 bits per heavy atom. The molecule has 0 bridgehead atoms. The molecule has 1 aliphatic rings. The molecule has 1 heterocycles. The molecule has 0 spiro atoms. The SMILES string of the molecule is COC(CNC(=O)NC1(C)CCS(=O)(=O)C1)CC(=O)O. The lowest BCUT2D eigenvalue weighted by Crippen LogP contribution is -2.52. The standard InChI is InChI=1S/C11H20N2O6S/c1-11(3-4-20(17,18)7-11)13-10(16)12-6-8(19-2)5-9(14)15/h8H,3-7H2,1-2H3,(H,14,15)(H2,12,13,16). The highest BCUT2D eigenvalue weighted by molar-refractivity contribution is 7.91. The minimum absolute atomic E-state index is 0.0392. The van der Waals surface area contributed by atoms with Gasteiger partial charge in [-0.05, 0) is 13.3 Å². The molecule has 2 unspecified atom stereocenters. The Morgan fingerprint density at radius 1 is 1.45 bits per heavy atom. The summed E-state index contributed by atoms with van der Waals surface area (Å²) in [5.41, 5.74) is -0.779. The van der Waals surface area contributed by atoms with E-state index in [2.05, 4.69) is 10.6 Å². The summed E-state index contributed by atoms with van der Waals surface area (Å²) in [6.45, 7) is 1.71. The van der Waals surface area contributed by atoms with Crippen molar-refractivity contribution >= 4 is 21.8 Å². The third-order valence-electron chi connectivity index (χ3n) is 3.14. The van der Waals surface area contributed by atoms with Gasteiger partial charge in [0.15, 0.2) is 9.84 Å². The molecule has 1 aliphatic heterocycles. The van der Waals surface area contributed by atoms with Gasteiger partial charge in [-0.1, -0.05) is 0 Å². The monoisotopic (exact) mass is 308 g/mol. The van der Waals surface area contributed by atoms with E-state index in [1.165, 1.54) is 7.11 Å². The van der Waals surface area contributed by atoms with Crippen molar-refractivity contribution in [2.24, 2.45) is 0 Å². The van der Waals surface area contributed by atoms with Gasteiger partial charge in [-0.25, -0.2) is 13.2 Å². The minimum atomic E-state index is -3.10. The molecular formula is C11H20N2O6S. The fraction of sp³-hybridized carbons (Fsp3) is 0.818. The van der Waals surface area contributed by atoms with Crippen LogP contribution in [0.5, 0.6) is 0 Å². The molecule has 116 valence electrons. The molecule has 0 aromatic carbocycles. The second-order valence-corrected chi connectivity index (χ2v) is 7.38. The predicted molar refractivity (Wildman–Crippen MR) is 71.3 cm³/mol. The number of carboxylic acid groups (broad SMARTS) is 1. The molecule has 20 heavy (non-hydrogen) atoms. The molecular weight excluding hydrogens is 288 g/mol. The van der Waals surface area contributed by atoms with Crippen LogP contribution in [-0.2, 0) is 19.4 Å². The zero-order chi connectivity index (χ0) is 15.4. The Hall–Kier alpha value is -1.35. The number of hydrogen-bond donors (Lipinski definition) is 3. The number of rotatable bonds is 6. The summed E-state index contributed by atoms with van der Waals surface area (Å²) in [4.78, 5) is 22.2. The third kappa shape index (κ3) is 5.33. The van der Waals surface area contributed by atoms with Crippen molar-refractivity contribution in [2.75, 3.05) is 25.2 Å². The van der Waals surface area contributed by atoms with Gasteiger partial charge >= 0.3 is 12.0 Å². The molecule has 0 aliphatic carbocycles. The van der Waals surface area contributed by atoms with Crippen molar-refractivity contribution in [3.8, 4) is 0 Å². The van der Waals surface area contributed by atoms with Gasteiger partial charge in [0, 0.05) is 13.7 Å². The van der Waals surface area contributed by atoms with Gasteiger partial charge in [0.25, 0.3) is 0 Å². The number of carboxylic acids is 1. The Kier molecular flexibility index (Phi) is 5.35. The number of urea groups is 1. The van der Waals surface area contributed by atoms with Gasteiger partial charge in [0.05, 0.1) is 29.6 Å². The highest BCUT2D eigenvalue weighted by Gasteiger charge is 2.39. The summed E-state index contributed by atoms with van der Waals surface area (Å²) in [5, 5.41) is 13.7.